The lowest BCUT2D eigenvalue weighted by Crippen LogP contribution is -2.08. The smallest absolute Gasteiger partial charge is 0.232 e. The van der Waals surface area contributed by atoms with Crippen LogP contribution in [0.2, 0.25) is 0 Å². The Morgan fingerprint density at radius 2 is 1.95 bits per heavy atom. The first-order valence-corrected chi connectivity index (χ1v) is 6.58. The maximum Gasteiger partial charge on any atom is 0.232 e. The number of aromatic nitrogens is 4. The third-order valence-electron chi connectivity index (χ3n) is 3.24. The molecule has 21 heavy (non-hydrogen) atoms. The van der Waals surface area contributed by atoms with Crippen molar-refractivity contribution in [1.82, 2.24) is 20.1 Å². The Balaban J connectivity index is 1.83. The number of hydrogen-bond acceptors (Lipinski definition) is 6. The minimum absolute atomic E-state index is 0.315. The molecule has 6 nitrogen and oxygen atoms in total. The van der Waals surface area contributed by atoms with E-state index >= 15 is 0 Å². The molecule has 106 valence electrons. The topological polar surface area (TPSA) is 84.9 Å². The van der Waals surface area contributed by atoms with E-state index in [2.05, 4.69) is 20.1 Å². The summed E-state index contributed by atoms with van der Waals surface area (Å²) >= 11 is 0. The Kier molecular flexibility index (Phi) is 3.70. The Bertz CT molecular complexity index is 700. The van der Waals surface area contributed by atoms with Gasteiger partial charge in [0.05, 0.1) is 18.2 Å². The van der Waals surface area contributed by atoms with E-state index in [1.54, 1.807) is 18.6 Å². The molecule has 0 bridgehead atoms. The minimum atomic E-state index is -0.707. The summed E-state index contributed by atoms with van der Waals surface area (Å²) in [5.41, 5.74) is 1.35. The molecule has 6 heteroatoms. The first-order chi connectivity index (χ1) is 10.3. The van der Waals surface area contributed by atoms with Gasteiger partial charge in [-0.1, -0.05) is 42.4 Å². The summed E-state index contributed by atoms with van der Waals surface area (Å²) in [5.74, 6) is 0.419. The van der Waals surface area contributed by atoms with Gasteiger partial charge in [0.25, 0.3) is 0 Å². The highest BCUT2D eigenvalue weighted by Gasteiger charge is 2.24. The molecule has 0 aliphatic heterocycles. The monoisotopic (exact) mass is 282 g/mol. The molecule has 2 aromatic heterocycles. The lowest BCUT2D eigenvalue weighted by molar-refractivity contribution is 0.135. The van der Waals surface area contributed by atoms with Crippen molar-refractivity contribution in [3.63, 3.8) is 0 Å². The minimum Gasteiger partial charge on any atom is -0.388 e. The maximum atomic E-state index is 10.4. The zero-order valence-electron chi connectivity index (χ0n) is 11.4. The highest BCUT2D eigenvalue weighted by atomic mass is 16.5. The number of aliphatic hydroxyl groups excluding tert-OH is 1. The van der Waals surface area contributed by atoms with E-state index in [0.29, 0.717) is 17.4 Å². The number of hydrogen-bond donors (Lipinski definition) is 1. The average molecular weight is 282 g/mol. The van der Waals surface area contributed by atoms with E-state index in [-0.39, 0.29) is 5.92 Å². The molecule has 0 aliphatic rings. The molecule has 2 atom stereocenters. The summed E-state index contributed by atoms with van der Waals surface area (Å²) in [7, 11) is 0. The van der Waals surface area contributed by atoms with Gasteiger partial charge in [0.2, 0.25) is 11.7 Å². The summed E-state index contributed by atoms with van der Waals surface area (Å²) in [6, 6.07) is 9.39. The summed E-state index contributed by atoms with van der Waals surface area (Å²) in [6.45, 7) is 1.84. The van der Waals surface area contributed by atoms with Gasteiger partial charge in [0.1, 0.15) is 5.69 Å². The van der Waals surface area contributed by atoms with E-state index in [1.165, 1.54) is 0 Å². The van der Waals surface area contributed by atoms with Crippen molar-refractivity contribution < 1.29 is 9.63 Å². The fourth-order valence-electron chi connectivity index (χ4n) is 2.01. The molecule has 0 fully saturated rings. The molecule has 3 aromatic rings. The fourth-order valence-corrected chi connectivity index (χ4v) is 2.01. The average Bonchev–Trinajstić information content (AvgIpc) is 3.05. The van der Waals surface area contributed by atoms with Crippen LogP contribution in [0.5, 0.6) is 0 Å². The quantitative estimate of drug-likeness (QED) is 0.790. The number of aliphatic hydroxyl groups is 1. The molecule has 2 heterocycles. The van der Waals surface area contributed by atoms with Crippen LogP contribution in [0.4, 0.5) is 0 Å². The van der Waals surface area contributed by atoms with Crippen LogP contribution in [0.25, 0.3) is 11.5 Å². The fraction of sp³-hybridized carbons (Fsp3) is 0.200. The van der Waals surface area contributed by atoms with Crippen molar-refractivity contribution in [3.8, 4) is 11.5 Å². The van der Waals surface area contributed by atoms with Crippen molar-refractivity contribution in [2.75, 3.05) is 0 Å². The van der Waals surface area contributed by atoms with Crippen LogP contribution in [-0.4, -0.2) is 25.2 Å². The lowest BCUT2D eigenvalue weighted by Gasteiger charge is -2.15. The van der Waals surface area contributed by atoms with E-state index < -0.39 is 6.10 Å². The predicted octanol–water partition coefficient (Wildman–Crippen LogP) is 2.36. The first-order valence-electron chi connectivity index (χ1n) is 6.58. The molecule has 2 unspecified atom stereocenters. The number of nitrogens with zero attached hydrogens (tertiary/aromatic N) is 4. The summed E-state index contributed by atoms with van der Waals surface area (Å²) < 4.78 is 5.23. The third-order valence-corrected chi connectivity index (χ3v) is 3.24. The molecule has 0 radical (unpaired) electrons. The molecule has 0 saturated carbocycles. The van der Waals surface area contributed by atoms with Crippen LogP contribution >= 0.6 is 0 Å². The SMILES string of the molecule is CC(c1nc(-c2cnccn2)no1)C(O)c1ccccc1. The third kappa shape index (κ3) is 2.80. The van der Waals surface area contributed by atoms with Gasteiger partial charge in [-0.2, -0.15) is 4.98 Å². The number of benzene rings is 1. The van der Waals surface area contributed by atoms with Crippen LogP contribution in [0.3, 0.4) is 0 Å². The zero-order chi connectivity index (χ0) is 14.7. The van der Waals surface area contributed by atoms with Crippen LogP contribution < -0.4 is 0 Å². The largest absolute Gasteiger partial charge is 0.388 e. The molecular weight excluding hydrogens is 268 g/mol. The van der Waals surface area contributed by atoms with Crippen LogP contribution in [-0.2, 0) is 0 Å². The Labute approximate surface area is 121 Å². The van der Waals surface area contributed by atoms with Crippen molar-refractivity contribution in [2.45, 2.75) is 18.9 Å². The van der Waals surface area contributed by atoms with Crippen molar-refractivity contribution >= 4 is 0 Å². The van der Waals surface area contributed by atoms with Gasteiger partial charge in [-0.25, -0.2) is 4.98 Å². The van der Waals surface area contributed by atoms with Gasteiger partial charge in [-0.15, -0.1) is 0 Å². The summed E-state index contributed by atoms with van der Waals surface area (Å²) in [4.78, 5) is 12.4. The zero-order valence-corrected chi connectivity index (χ0v) is 11.4. The molecule has 0 aliphatic carbocycles. The highest BCUT2D eigenvalue weighted by molar-refractivity contribution is 5.45. The van der Waals surface area contributed by atoms with Gasteiger partial charge in [-0.3, -0.25) is 4.98 Å². The van der Waals surface area contributed by atoms with Crippen molar-refractivity contribution in [2.24, 2.45) is 0 Å². The van der Waals surface area contributed by atoms with Crippen LogP contribution in [0.15, 0.2) is 53.4 Å². The highest BCUT2D eigenvalue weighted by Crippen LogP contribution is 2.30. The molecule has 1 N–H and O–H groups in total. The first kappa shape index (κ1) is 13.4. The van der Waals surface area contributed by atoms with Crippen LogP contribution in [0.1, 0.15) is 30.4 Å². The van der Waals surface area contributed by atoms with E-state index in [4.69, 9.17) is 4.52 Å². The molecule has 0 amide bonds. The molecule has 3 rings (SSSR count). The molecule has 0 spiro atoms. The van der Waals surface area contributed by atoms with Gasteiger partial charge in [-0.05, 0) is 5.56 Å². The lowest BCUT2D eigenvalue weighted by atomic mass is 9.97. The Morgan fingerprint density at radius 1 is 1.14 bits per heavy atom. The Hall–Kier alpha value is -2.60. The maximum absolute atomic E-state index is 10.4. The van der Waals surface area contributed by atoms with Gasteiger partial charge >= 0.3 is 0 Å². The van der Waals surface area contributed by atoms with E-state index in [9.17, 15) is 5.11 Å². The van der Waals surface area contributed by atoms with Crippen LogP contribution in [0, 0.1) is 0 Å². The van der Waals surface area contributed by atoms with Gasteiger partial charge in [0, 0.05) is 12.4 Å². The van der Waals surface area contributed by atoms with E-state index in [1.807, 2.05) is 37.3 Å². The van der Waals surface area contributed by atoms with E-state index in [0.717, 1.165) is 5.56 Å². The summed E-state index contributed by atoms with van der Waals surface area (Å²) in [6.07, 6.45) is 3.99. The normalized spacial score (nSPS) is 13.8. The second kappa shape index (κ2) is 5.80. The predicted molar refractivity (Wildman–Crippen MR) is 75.1 cm³/mol. The molecule has 0 saturated heterocycles. The standard InChI is InChI=1S/C15H14N4O2/c1-10(13(20)11-5-3-2-4-6-11)15-18-14(19-21-15)12-9-16-7-8-17-12/h2-10,13,20H,1H3. The number of rotatable bonds is 4. The van der Waals surface area contributed by atoms with Gasteiger partial charge in [0.15, 0.2) is 0 Å². The Morgan fingerprint density at radius 3 is 2.67 bits per heavy atom. The summed E-state index contributed by atoms with van der Waals surface area (Å²) in [5, 5.41) is 14.3. The molecular formula is C15H14N4O2. The van der Waals surface area contributed by atoms with Gasteiger partial charge < -0.3 is 9.63 Å². The van der Waals surface area contributed by atoms with Crippen molar-refractivity contribution in [3.05, 3.63) is 60.4 Å². The second-order valence-electron chi connectivity index (χ2n) is 4.69. The van der Waals surface area contributed by atoms with Crippen molar-refractivity contribution in [1.29, 1.82) is 0 Å². The second-order valence-corrected chi connectivity index (χ2v) is 4.69. The molecule has 1 aromatic carbocycles.